The fraction of sp³-hybridized carbons (Fsp3) is 0.824. The lowest BCUT2D eigenvalue weighted by atomic mass is 9.55. The standard InChI is InChI=1S/C33H51F3O3S2.CH4S2/c1-5-6-7-8-21-40-41-22-20-37-25-11-13-26-24(23-25)10-12-28-27(26)16-17-32(4)29(28)14-15-30(32)38-18-9-19-39-31(2,3)33(34,35)36;1-3-2/h11,13,23,27-30H,5-10,12,14-22H2,1-4H3;2H,1H3/i1D;. The van der Waals surface area contributed by atoms with Crippen molar-refractivity contribution in [3.05, 3.63) is 29.3 Å². The molecule has 1 aromatic carbocycles. The minimum Gasteiger partial charge on any atom is -0.493 e. The zero-order valence-electron chi connectivity index (χ0n) is 28.1. The van der Waals surface area contributed by atoms with Crippen molar-refractivity contribution >= 4 is 44.0 Å². The Morgan fingerprint density at radius 2 is 1.77 bits per heavy atom. The van der Waals surface area contributed by atoms with Crippen molar-refractivity contribution in [1.29, 1.82) is 0 Å². The molecule has 3 nitrogen and oxygen atoms in total. The van der Waals surface area contributed by atoms with E-state index in [4.69, 9.17) is 15.6 Å². The van der Waals surface area contributed by atoms with Gasteiger partial charge in [-0.25, -0.2) is 0 Å². The van der Waals surface area contributed by atoms with Gasteiger partial charge in [0.2, 0.25) is 0 Å². The van der Waals surface area contributed by atoms with Gasteiger partial charge in [0, 0.05) is 26.1 Å². The van der Waals surface area contributed by atoms with Crippen molar-refractivity contribution < 1.29 is 28.8 Å². The number of hydrogen-bond donors (Lipinski definition) is 1. The van der Waals surface area contributed by atoms with E-state index >= 15 is 0 Å². The van der Waals surface area contributed by atoms with E-state index in [9.17, 15) is 13.2 Å². The molecule has 4 rings (SSSR count). The first-order valence-electron chi connectivity index (χ1n) is 17.0. The van der Waals surface area contributed by atoms with E-state index in [1.54, 1.807) is 0 Å². The second-order valence-corrected chi connectivity index (χ2v) is 17.2. The third kappa shape index (κ3) is 10.6. The summed E-state index contributed by atoms with van der Waals surface area (Å²) in [5.41, 5.74) is 0.997. The Morgan fingerprint density at radius 1 is 1.00 bits per heavy atom. The molecule has 1 aromatic rings. The van der Waals surface area contributed by atoms with Crippen molar-refractivity contribution in [2.24, 2.45) is 17.3 Å². The summed E-state index contributed by atoms with van der Waals surface area (Å²) in [6.07, 6.45) is 9.72. The second-order valence-electron chi connectivity index (χ2n) is 13.1. The third-order valence-corrected chi connectivity index (χ3v) is 12.3. The smallest absolute Gasteiger partial charge is 0.416 e. The summed E-state index contributed by atoms with van der Waals surface area (Å²) in [5, 5.41) is 0. The zero-order valence-corrected chi connectivity index (χ0v) is 30.4. The molecule has 0 saturated heterocycles. The maximum Gasteiger partial charge on any atom is 0.416 e. The molecular formula is C34H55F3O3S4. The van der Waals surface area contributed by atoms with Crippen LogP contribution in [0.2, 0.25) is 0 Å². The van der Waals surface area contributed by atoms with Gasteiger partial charge in [-0.1, -0.05) is 60.7 Å². The lowest BCUT2D eigenvalue weighted by molar-refractivity contribution is -0.264. The van der Waals surface area contributed by atoms with Gasteiger partial charge in [-0.05, 0) is 118 Å². The van der Waals surface area contributed by atoms with Crippen LogP contribution < -0.4 is 4.74 Å². The summed E-state index contributed by atoms with van der Waals surface area (Å²) >= 11 is 3.71. The lowest BCUT2D eigenvalue weighted by Crippen LogP contribution is -2.45. The fourth-order valence-corrected chi connectivity index (χ4v) is 9.37. The Bertz CT molecular complexity index is 1000. The third-order valence-electron chi connectivity index (χ3n) is 9.86. The molecule has 0 bridgehead atoms. The predicted octanol–water partition coefficient (Wildman–Crippen LogP) is 11.2. The maximum atomic E-state index is 13.0. The van der Waals surface area contributed by atoms with Gasteiger partial charge in [0.15, 0.2) is 5.60 Å². The highest BCUT2D eigenvalue weighted by atomic mass is 33.1. The van der Waals surface area contributed by atoms with Gasteiger partial charge in [0.05, 0.1) is 12.7 Å². The average molecular weight is 698 g/mol. The molecule has 0 radical (unpaired) electrons. The van der Waals surface area contributed by atoms with E-state index in [1.165, 1.54) is 66.2 Å². The molecule has 2 fully saturated rings. The monoisotopic (exact) mass is 697 g/mol. The molecule has 254 valence electrons. The van der Waals surface area contributed by atoms with Gasteiger partial charge in [-0.3, -0.25) is 0 Å². The number of fused-ring (bicyclic) bond motifs is 5. The van der Waals surface area contributed by atoms with Crippen LogP contribution in [0.5, 0.6) is 5.75 Å². The Hall–Kier alpha value is 0.130. The number of benzene rings is 1. The first-order chi connectivity index (χ1) is 21.5. The first-order valence-corrected chi connectivity index (χ1v) is 21.0. The highest BCUT2D eigenvalue weighted by Crippen LogP contribution is 2.61. The molecule has 0 N–H and O–H groups in total. The highest BCUT2D eigenvalue weighted by molar-refractivity contribution is 8.76. The Morgan fingerprint density at radius 3 is 2.52 bits per heavy atom. The molecule has 0 heterocycles. The molecule has 3 aliphatic carbocycles. The maximum absolute atomic E-state index is 13.0. The van der Waals surface area contributed by atoms with Crippen molar-refractivity contribution in [3.8, 4) is 5.75 Å². The molecule has 5 atom stereocenters. The summed E-state index contributed by atoms with van der Waals surface area (Å²) < 4.78 is 63.9. The normalized spacial score (nSPS) is 26.6. The SMILES string of the molecule is CSS.[2H]CCCCCCSSCCOc1ccc2c(c1)CCC1C2CCC2(C)C(OCCCOC(C)(C)C(F)(F)F)CCC12. The molecule has 44 heavy (non-hydrogen) atoms. The van der Waals surface area contributed by atoms with Crippen LogP contribution in [0.25, 0.3) is 0 Å². The molecule has 2 saturated carbocycles. The summed E-state index contributed by atoms with van der Waals surface area (Å²) in [6.45, 7) is 6.35. The van der Waals surface area contributed by atoms with E-state index in [-0.39, 0.29) is 18.1 Å². The molecule has 0 aromatic heterocycles. The van der Waals surface area contributed by atoms with Crippen LogP contribution in [-0.4, -0.2) is 55.5 Å². The lowest BCUT2D eigenvalue weighted by Gasteiger charge is -2.50. The summed E-state index contributed by atoms with van der Waals surface area (Å²) in [6, 6.07) is 6.78. The number of rotatable bonds is 16. The highest BCUT2D eigenvalue weighted by Gasteiger charge is 2.55. The van der Waals surface area contributed by atoms with E-state index in [0.717, 1.165) is 57.6 Å². The van der Waals surface area contributed by atoms with Gasteiger partial charge < -0.3 is 14.2 Å². The fourth-order valence-electron chi connectivity index (χ4n) is 7.39. The van der Waals surface area contributed by atoms with Gasteiger partial charge in [-0.15, -0.1) is 22.5 Å². The minimum atomic E-state index is -4.37. The first kappa shape index (κ1) is 37.0. The van der Waals surface area contributed by atoms with E-state index in [0.29, 0.717) is 37.7 Å². The van der Waals surface area contributed by atoms with Crippen LogP contribution in [0.4, 0.5) is 13.2 Å². The number of halogens is 3. The Balaban J connectivity index is 0.00000177. The van der Waals surface area contributed by atoms with Gasteiger partial charge in [0.25, 0.3) is 0 Å². The van der Waals surface area contributed by atoms with Crippen LogP contribution >= 0.6 is 44.0 Å². The minimum absolute atomic E-state index is 0.0543. The largest absolute Gasteiger partial charge is 0.493 e. The van der Waals surface area contributed by atoms with Gasteiger partial charge >= 0.3 is 6.18 Å². The van der Waals surface area contributed by atoms with Crippen molar-refractivity contribution in [2.45, 2.75) is 122 Å². The van der Waals surface area contributed by atoms with E-state index in [1.807, 2.05) is 27.8 Å². The van der Waals surface area contributed by atoms with E-state index < -0.39 is 11.8 Å². The summed E-state index contributed by atoms with van der Waals surface area (Å²) in [4.78, 5) is 0. The summed E-state index contributed by atoms with van der Waals surface area (Å²) in [5.74, 6) is 5.07. The number of unbranched alkanes of at least 4 members (excludes halogenated alkanes) is 3. The Labute approximate surface area is 283 Å². The van der Waals surface area contributed by atoms with Gasteiger partial charge in [-0.2, -0.15) is 13.2 Å². The quantitative estimate of drug-likeness (QED) is 0.105. The molecule has 10 heteroatoms. The van der Waals surface area contributed by atoms with Crippen molar-refractivity contribution in [1.82, 2.24) is 0 Å². The van der Waals surface area contributed by atoms with Crippen molar-refractivity contribution in [2.75, 3.05) is 37.6 Å². The van der Waals surface area contributed by atoms with Crippen molar-refractivity contribution in [3.63, 3.8) is 0 Å². The predicted molar refractivity (Wildman–Crippen MR) is 189 cm³/mol. The van der Waals surface area contributed by atoms with Crippen LogP contribution in [0, 0.1) is 17.3 Å². The zero-order chi connectivity index (χ0) is 32.9. The molecule has 3 aliphatic rings. The average Bonchev–Trinajstić information content (AvgIpc) is 3.33. The molecule has 0 aliphatic heterocycles. The van der Waals surface area contributed by atoms with Crippen LogP contribution in [0.3, 0.4) is 0 Å². The number of hydrogen-bond acceptors (Lipinski definition) is 7. The number of ether oxygens (including phenoxy) is 3. The number of alkyl halides is 3. The van der Waals surface area contributed by atoms with Crippen LogP contribution in [-0.2, 0) is 15.9 Å². The van der Waals surface area contributed by atoms with Gasteiger partial charge in [0.1, 0.15) is 5.75 Å². The van der Waals surface area contributed by atoms with Crippen LogP contribution in [0.1, 0.15) is 110 Å². The molecular weight excluding hydrogens is 642 g/mol. The van der Waals surface area contributed by atoms with Crippen LogP contribution in [0.15, 0.2) is 18.2 Å². The number of aryl methyl sites for hydroxylation is 1. The second kappa shape index (κ2) is 18.6. The molecule has 5 unspecified atom stereocenters. The Kier molecular flexibility index (Phi) is 15.6. The number of thiol groups is 1. The topological polar surface area (TPSA) is 27.7 Å². The molecule has 0 amide bonds. The van der Waals surface area contributed by atoms with E-state index in [2.05, 4.69) is 36.8 Å². The molecule has 0 spiro atoms. The summed E-state index contributed by atoms with van der Waals surface area (Å²) in [7, 11) is 5.27.